The number of carbonyl (C=O) groups excluding carboxylic acids is 1. The molecule has 2 heterocycles. The van der Waals surface area contributed by atoms with Crippen LogP contribution < -0.4 is 10.2 Å². The van der Waals surface area contributed by atoms with Crippen molar-refractivity contribution in [1.82, 2.24) is 15.3 Å². The van der Waals surface area contributed by atoms with E-state index in [9.17, 15) is 14.7 Å². The number of piperidine rings is 1. The van der Waals surface area contributed by atoms with E-state index in [-0.39, 0.29) is 29.4 Å². The number of anilines is 1. The number of ether oxygens (including phenoxy) is 1. The molecule has 1 fully saturated rings. The van der Waals surface area contributed by atoms with Crippen LogP contribution in [-0.2, 0) is 11.2 Å². The van der Waals surface area contributed by atoms with Crippen LogP contribution in [-0.4, -0.2) is 59.3 Å². The molecule has 0 unspecified atom stereocenters. The molecule has 1 aromatic carbocycles. The SMILES string of the molecule is CCc1[nH]c(C(=O)N[C@@H]2CCN(c3cc(C)cc(C(=O)O)c3)C[C@@H]2OC)nc1Cl. The predicted octanol–water partition coefficient (Wildman–Crippen LogP) is 2.66. The van der Waals surface area contributed by atoms with Gasteiger partial charge >= 0.3 is 5.97 Å². The number of aromatic amines is 1. The Hall–Kier alpha value is -2.58. The number of hydrogen-bond acceptors (Lipinski definition) is 5. The number of rotatable bonds is 6. The van der Waals surface area contributed by atoms with Crippen molar-refractivity contribution in [3.8, 4) is 0 Å². The number of nitrogens with one attached hydrogen (secondary N) is 2. The van der Waals surface area contributed by atoms with Crippen molar-refractivity contribution in [2.75, 3.05) is 25.1 Å². The van der Waals surface area contributed by atoms with E-state index >= 15 is 0 Å². The topological polar surface area (TPSA) is 108 Å². The molecule has 29 heavy (non-hydrogen) atoms. The number of imidazole rings is 1. The Morgan fingerprint density at radius 1 is 1.41 bits per heavy atom. The van der Waals surface area contributed by atoms with E-state index in [2.05, 4.69) is 20.2 Å². The smallest absolute Gasteiger partial charge is 0.335 e. The number of benzene rings is 1. The zero-order valence-corrected chi connectivity index (χ0v) is 17.4. The van der Waals surface area contributed by atoms with Gasteiger partial charge in [-0.05, 0) is 43.5 Å². The van der Waals surface area contributed by atoms with Crippen molar-refractivity contribution < 1.29 is 19.4 Å². The maximum Gasteiger partial charge on any atom is 0.335 e. The van der Waals surface area contributed by atoms with Crippen LogP contribution in [0.5, 0.6) is 0 Å². The highest BCUT2D eigenvalue weighted by Gasteiger charge is 2.32. The first kappa shape index (κ1) is 21.1. The van der Waals surface area contributed by atoms with Gasteiger partial charge in [-0.1, -0.05) is 18.5 Å². The van der Waals surface area contributed by atoms with Crippen molar-refractivity contribution >= 4 is 29.2 Å². The molecule has 9 heteroatoms. The third kappa shape index (κ3) is 4.71. The van der Waals surface area contributed by atoms with Crippen LogP contribution in [0.3, 0.4) is 0 Å². The monoisotopic (exact) mass is 420 g/mol. The molecule has 0 radical (unpaired) electrons. The van der Waals surface area contributed by atoms with E-state index < -0.39 is 5.97 Å². The number of amides is 1. The summed E-state index contributed by atoms with van der Waals surface area (Å²) in [6.45, 7) is 4.99. The molecule has 2 aromatic rings. The van der Waals surface area contributed by atoms with Gasteiger partial charge in [0.15, 0.2) is 11.0 Å². The lowest BCUT2D eigenvalue weighted by Crippen LogP contribution is -2.55. The number of carbonyl (C=O) groups is 2. The highest BCUT2D eigenvalue weighted by Crippen LogP contribution is 2.24. The van der Waals surface area contributed by atoms with Crippen LogP contribution in [0.25, 0.3) is 0 Å². The van der Waals surface area contributed by atoms with Gasteiger partial charge in [-0.2, -0.15) is 0 Å². The maximum atomic E-state index is 12.6. The quantitative estimate of drug-likeness (QED) is 0.663. The highest BCUT2D eigenvalue weighted by molar-refractivity contribution is 6.30. The summed E-state index contributed by atoms with van der Waals surface area (Å²) < 4.78 is 5.62. The van der Waals surface area contributed by atoms with Gasteiger partial charge in [-0.3, -0.25) is 4.79 Å². The first-order chi connectivity index (χ1) is 13.8. The van der Waals surface area contributed by atoms with Gasteiger partial charge in [0.05, 0.1) is 23.4 Å². The van der Waals surface area contributed by atoms with Gasteiger partial charge in [0, 0.05) is 25.9 Å². The number of halogens is 1. The first-order valence-electron chi connectivity index (χ1n) is 9.50. The van der Waals surface area contributed by atoms with Gasteiger partial charge in [0.1, 0.15) is 0 Å². The second-order valence-corrected chi connectivity index (χ2v) is 7.52. The Balaban J connectivity index is 1.71. The average Bonchev–Trinajstić information content (AvgIpc) is 3.08. The van der Waals surface area contributed by atoms with Crippen molar-refractivity contribution in [1.29, 1.82) is 0 Å². The molecule has 8 nitrogen and oxygen atoms in total. The van der Waals surface area contributed by atoms with E-state index in [4.69, 9.17) is 16.3 Å². The standard InChI is InChI=1S/C20H25ClN4O4/c1-4-14-17(21)24-18(22-14)19(26)23-15-5-6-25(10-16(15)29-3)13-8-11(2)7-12(9-13)20(27)28/h7-9,15-16H,4-6,10H2,1-3H3,(H,22,24)(H,23,26)(H,27,28)/t15-,16+/m1/s1. The Morgan fingerprint density at radius 3 is 2.79 bits per heavy atom. The number of H-pyrrole nitrogens is 1. The van der Waals surface area contributed by atoms with E-state index in [0.29, 0.717) is 31.1 Å². The lowest BCUT2D eigenvalue weighted by atomic mass is 10.00. The number of nitrogens with zero attached hydrogens (tertiary/aromatic N) is 2. The Morgan fingerprint density at radius 2 is 2.17 bits per heavy atom. The minimum Gasteiger partial charge on any atom is -0.478 e. The normalized spacial score (nSPS) is 19.2. The number of aromatic carboxylic acids is 1. The van der Waals surface area contributed by atoms with Crippen LogP contribution in [0.1, 0.15) is 45.6 Å². The zero-order chi connectivity index (χ0) is 21.1. The maximum absolute atomic E-state index is 12.6. The third-order valence-corrected chi connectivity index (χ3v) is 5.46. The summed E-state index contributed by atoms with van der Waals surface area (Å²) >= 11 is 6.03. The van der Waals surface area contributed by atoms with Gasteiger partial charge in [0.2, 0.25) is 0 Å². The number of carboxylic acid groups (broad SMARTS) is 1. The van der Waals surface area contributed by atoms with Gasteiger partial charge in [-0.25, -0.2) is 9.78 Å². The van der Waals surface area contributed by atoms with Crippen molar-refractivity contribution in [3.63, 3.8) is 0 Å². The summed E-state index contributed by atoms with van der Waals surface area (Å²) in [6, 6.07) is 5.07. The molecule has 1 aliphatic rings. The number of aromatic nitrogens is 2. The third-order valence-electron chi connectivity index (χ3n) is 5.15. The molecule has 1 aliphatic heterocycles. The molecular weight excluding hydrogens is 396 g/mol. The Labute approximate surface area is 174 Å². The second-order valence-electron chi connectivity index (χ2n) is 7.16. The fourth-order valence-corrected chi connectivity index (χ4v) is 3.86. The summed E-state index contributed by atoms with van der Waals surface area (Å²) in [5.74, 6) is -1.09. The van der Waals surface area contributed by atoms with Gasteiger partial charge < -0.3 is 25.0 Å². The van der Waals surface area contributed by atoms with E-state index in [1.807, 2.05) is 19.9 Å². The number of hydrogen-bond donors (Lipinski definition) is 3. The van der Waals surface area contributed by atoms with Crippen LogP contribution >= 0.6 is 11.6 Å². The molecule has 0 spiro atoms. The lowest BCUT2D eigenvalue weighted by Gasteiger charge is -2.39. The van der Waals surface area contributed by atoms with Crippen LogP contribution in [0, 0.1) is 6.92 Å². The van der Waals surface area contributed by atoms with Crippen LogP contribution in [0.2, 0.25) is 5.15 Å². The number of carboxylic acids is 1. The minimum atomic E-state index is -0.955. The summed E-state index contributed by atoms with van der Waals surface area (Å²) in [5.41, 5.74) is 2.69. The molecule has 156 valence electrons. The van der Waals surface area contributed by atoms with Crippen molar-refractivity contribution in [2.24, 2.45) is 0 Å². The predicted molar refractivity (Wildman–Crippen MR) is 110 cm³/mol. The molecule has 1 aromatic heterocycles. The summed E-state index contributed by atoms with van der Waals surface area (Å²) in [5, 5.41) is 12.6. The van der Waals surface area contributed by atoms with Crippen LogP contribution in [0.15, 0.2) is 18.2 Å². The minimum absolute atomic E-state index is 0.189. The molecule has 0 aliphatic carbocycles. The number of aryl methyl sites for hydroxylation is 2. The summed E-state index contributed by atoms with van der Waals surface area (Å²) in [7, 11) is 1.60. The molecule has 1 amide bonds. The Bertz CT molecular complexity index is 914. The zero-order valence-electron chi connectivity index (χ0n) is 16.7. The van der Waals surface area contributed by atoms with Crippen LogP contribution in [0.4, 0.5) is 5.69 Å². The highest BCUT2D eigenvalue weighted by atomic mass is 35.5. The lowest BCUT2D eigenvalue weighted by molar-refractivity contribution is 0.0538. The Kier molecular flexibility index (Phi) is 6.44. The number of methoxy groups -OCH3 is 1. The summed E-state index contributed by atoms with van der Waals surface area (Å²) in [6.07, 6.45) is 1.06. The molecule has 3 rings (SSSR count). The molecule has 0 saturated carbocycles. The molecule has 2 atom stereocenters. The molecule has 1 saturated heterocycles. The van der Waals surface area contributed by atoms with Crippen molar-refractivity contribution in [2.45, 2.75) is 38.8 Å². The fourth-order valence-electron chi connectivity index (χ4n) is 3.59. The largest absolute Gasteiger partial charge is 0.478 e. The second kappa shape index (κ2) is 8.84. The van der Waals surface area contributed by atoms with E-state index in [1.54, 1.807) is 19.2 Å². The molecular formula is C20H25ClN4O4. The average molecular weight is 421 g/mol. The molecule has 0 bridgehead atoms. The summed E-state index contributed by atoms with van der Waals surface area (Å²) in [4.78, 5) is 33.0. The fraction of sp³-hybridized carbons (Fsp3) is 0.450. The van der Waals surface area contributed by atoms with E-state index in [0.717, 1.165) is 16.9 Å². The van der Waals surface area contributed by atoms with Gasteiger partial charge in [0.25, 0.3) is 5.91 Å². The molecule has 3 N–H and O–H groups in total. The van der Waals surface area contributed by atoms with Crippen molar-refractivity contribution in [3.05, 3.63) is 46.0 Å². The first-order valence-corrected chi connectivity index (χ1v) is 9.88. The van der Waals surface area contributed by atoms with Gasteiger partial charge in [-0.15, -0.1) is 0 Å². The van der Waals surface area contributed by atoms with E-state index in [1.165, 1.54) is 0 Å².